The Bertz CT molecular complexity index is 400. The molecule has 10 nitrogen and oxygen atoms in total. The summed E-state index contributed by atoms with van der Waals surface area (Å²) in [5.74, 6) is -1.15. The van der Waals surface area contributed by atoms with Crippen molar-refractivity contribution >= 4 is 17.8 Å². The number of aliphatic imine (C=N–C) groups is 1. The van der Waals surface area contributed by atoms with Crippen molar-refractivity contribution in [3.8, 4) is 0 Å². The summed E-state index contributed by atoms with van der Waals surface area (Å²) >= 11 is 0. The Kier molecular flexibility index (Phi) is 12.4. The van der Waals surface area contributed by atoms with Crippen LogP contribution in [0, 0.1) is 0 Å². The molecule has 11 N–H and O–H groups in total. The van der Waals surface area contributed by atoms with Crippen molar-refractivity contribution in [2.24, 2.45) is 27.9 Å². The van der Waals surface area contributed by atoms with Crippen LogP contribution in [0.25, 0.3) is 0 Å². The summed E-state index contributed by atoms with van der Waals surface area (Å²) in [6.45, 7) is 1.30. The van der Waals surface area contributed by atoms with E-state index in [0.717, 1.165) is 19.3 Å². The van der Waals surface area contributed by atoms with E-state index in [9.17, 15) is 14.7 Å². The maximum absolute atomic E-state index is 11.6. The minimum Gasteiger partial charge on any atom is -0.370 e. The smallest absolute Gasteiger partial charge is 0.269 e. The zero-order valence-electron chi connectivity index (χ0n) is 14.0. The number of nitrogens with one attached hydrogen (secondary N) is 2. The molecule has 0 saturated heterocycles. The molecule has 0 heterocycles. The molecule has 0 spiro atoms. The standard InChI is InChI=1S/C14H31N7O3/c15-7-1-4-10(16)5-2-8-19-12(23)13(24)21-11(22)6-3-9-20-14(17)18/h10,13,24H,1-9,15-16H2,(H,19,23)(H,21,22)(H4,17,18,20). The number of carbonyl (C=O) groups excluding carboxylic acids is 2. The molecule has 0 radical (unpaired) electrons. The first-order chi connectivity index (χ1) is 11.4. The van der Waals surface area contributed by atoms with Gasteiger partial charge in [-0.25, -0.2) is 0 Å². The Morgan fingerprint density at radius 3 is 2.42 bits per heavy atom. The number of hydrogen-bond acceptors (Lipinski definition) is 6. The van der Waals surface area contributed by atoms with Gasteiger partial charge in [0.25, 0.3) is 5.91 Å². The average Bonchev–Trinajstić information content (AvgIpc) is 2.53. The van der Waals surface area contributed by atoms with E-state index in [0.29, 0.717) is 32.5 Å². The number of rotatable bonds is 13. The highest BCUT2D eigenvalue weighted by Gasteiger charge is 2.16. The molecule has 2 unspecified atom stereocenters. The van der Waals surface area contributed by atoms with Crippen molar-refractivity contribution in [3.63, 3.8) is 0 Å². The normalized spacial score (nSPS) is 13.0. The van der Waals surface area contributed by atoms with E-state index in [-0.39, 0.29) is 18.4 Å². The predicted octanol–water partition coefficient (Wildman–Crippen LogP) is -2.56. The van der Waals surface area contributed by atoms with E-state index >= 15 is 0 Å². The van der Waals surface area contributed by atoms with Crippen molar-refractivity contribution < 1.29 is 14.7 Å². The average molecular weight is 345 g/mol. The second-order valence-corrected chi connectivity index (χ2v) is 5.50. The molecule has 2 amide bonds. The van der Waals surface area contributed by atoms with E-state index in [2.05, 4.69) is 15.6 Å². The molecule has 0 aliphatic carbocycles. The zero-order chi connectivity index (χ0) is 18.4. The lowest BCUT2D eigenvalue weighted by molar-refractivity contribution is -0.136. The predicted molar refractivity (Wildman–Crippen MR) is 92.6 cm³/mol. The quantitative estimate of drug-likeness (QED) is 0.0824. The molecule has 0 rings (SSSR count). The molecule has 24 heavy (non-hydrogen) atoms. The lowest BCUT2D eigenvalue weighted by atomic mass is 10.1. The third-order valence-electron chi connectivity index (χ3n) is 3.23. The number of aliphatic hydroxyl groups is 1. The van der Waals surface area contributed by atoms with Crippen LogP contribution < -0.4 is 33.6 Å². The molecule has 0 aliphatic heterocycles. The second kappa shape index (κ2) is 13.5. The van der Waals surface area contributed by atoms with Crippen LogP contribution in [0.4, 0.5) is 0 Å². The molecule has 10 heteroatoms. The van der Waals surface area contributed by atoms with E-state index < -0.39 is 18.0 Å². The SMILES string of the molecule is NCCCC(N)CCCNC(=O)C(O)NC(=O)CCCN=C(N)N. The van der Waals surface area contributed by atoms with Gasteiger partial charge in [0, 0.05) is 25.6 Å². The first-order valence-electron chi connectivity index (χ1n) is 8.13. The number of hydrogen-bond donors (Lipinski definition) is 7. The highest BCUT2D eigenvalue weighted by Crippen LogP contribution is 2.00. The lowest BCUT2D eigenvalue weighted by Crippen LogP contribution is -2.46. The van der Waals surface area contributed by atoms with Gasteiger partial charge >= 0.3 is 0 Å². The van der Waals surface area contributed by atoms with Crippen molar-refractivity contribution in [2.45, 2.75) is 50.8 Å². The molecule has 0 aliphatic rings. The fraction of sp³-hybridized carbons (Fsp3) is 0.786. The van der Waals surface area contributed by atoms with E-state index in [1.165, 1.54) is 0 Å². The summed E-state index contributed by atoms with van der Waals surface area (Å²) in [6, 6.07) is 0.0558. The van der Waals surface area contributed by atoms with Crippen molar-refractivity contribution in [1.29, 1.82) is 0 Å². The van der Waals surface area contributed by atoms with E-state index in [1.54, 1.807) is 0 Å². The molecule has 0 aromatic carbocycles. The molecular formula is C14H31N7O3. The molecule has 2 atom stereocenters. The maximum Gasteiger partial charge on any atom is 0.269 e. The molecule has 140 valence electrons. The topological polar surface area (TPSA) is 195 Å². The highest BCUT2D eigenvalue weighted by molar-refractivity contribution is 5.86. The van der Waals surface area contributed by atoms with Gasteiger partial charge in [0.2, 0.25) is 12.1 Å². The molecule has 0 saturated carbocycles. The molecule has 0 bridgehead atoms. The Labute approximate surface area is 142 Å². The van der Waals surface area contributed by atoms with Crippen LogP contribution in [-0.2, 0) is 9.59 Å². The van der Waals surface area contributed by atoms with Gasteiger partial charge in [0.1, 0.15) is 0 Å². The van der Waals surface area contributed by atoms with Crippen LogP contribution in [0.15, 0.2) is 4.99 Å². The molecule has 0 fully saturated rings. The highest BCUT2D eigenvalue weighted by atomic mass is 16.3. The van der Waals surface area contributed by atoms with Gasteiger partial charge in [-0.15, -0.1) is 0 Å². The van der Waals surface area contributed by atoms with Crippen LogP contribution in [0.2, 0.25) is 0 Å². The Morgan fingerprint density at radius 1 is 1.12 bits per heavy atom. The van der Waals surface area contributed by atoms with Crippen LogP contribution in [0.1, 0.15) is 38.5 Å². The third kappa shape index (κ3) is 12.6. The number of carbonyl (C=O) groups is 2. The summed E-state index contributed by atoms with van der Waals surface area (Å²) in [4.78, 5) is 26.9. The Hall–Kier alpha value is -1.91. The third-order valence-corrected chi connectivity index (χ3v) is 3.23. The van der Waals surface area contributed by atoms with Crippen LogP contribution >= 0.6 is 0 Å². The molecule has 0 aromatic heterocycles. The minimum absolute atomic E-state index is 0.0439. The number of nitrogens with zero attached hydrogens (tertiary/aromatic N) is 1. The number of guanidine groups is 1. The summed E-state index contributed by atoms with van der Waals surface area (Å²) in [7, 11) is 0. The van der Waals surface area contributed by atoms with Crippen molar-refractivity contribution in [1.82, 2.24) is 10.6 Å². The van der Waals surface area contributed by atoms with Crippen molar-refractivity contribution in [3.05, 3.63) is 0 Å². The minimum atomic E-state index is -1.58. The largest absolute Gasteiger partial charge is 0.370 e. The molecule has 0 aromatic rings. The van der Waals surface area contributed by atoms with Crippen molar-refractivity contribution in [2.75, 3.05) is 19.6 Å². The Balaban J connectivity index is 3.78. The fourth-order valence-electron chi connectivity index (χ4n) is 1.93. The van der Waals surface area contributed by atoms with Gasteiger partial charge in [-0.05, 0) is 38.6 Å². The first kappa shape index (κ1) is 22.1. The fourth-order valence-corrected chi connectivity index (χ4v) is 1.93. The maximum atomic E-state index is 11.6. The van der Waals surface area contributed by atoms with E-state index in [1.807, 2.05) is 0 Å². The summed E-state index contributed by atoms with van der Waals surface area (Å²) < 4.78 is 0. The molecular weight excluding hydrogens is 314 g/mol. The number of aliphatic hydroxyl groups excluding tert-OH is 1. The summed E-state index contributed by atoms with van der Waals surface area (Å²) in [5.41, 5.74) is 21.6. The number of amides is 2. The van der Waals surface area contributed by atoms with Gasteiger partial charge in [0.05, 0.1) is 0 Å². The first-order valence-corrected chi connectivity index (χ1v) is 8.13. The number of nitrogens with two attached hydrogens (primary N) is 4. The van der Waals surface area contributed by atoms with Gasteiger partial charge in [0.15, 0.2) is 5.96 Å². The van der Waals surface area contributed by atoms with Crippen LogP contribution in [-0.4, -0.2) is 54.8 Å². The monoisotopic (exact) mass is 345 g/mol. The summed E-state index contributed by atoms with van der Waals surface area (Å²) in [5, 5.41) is 14.4. The Morgan fingerprint density at radius 2 is 1.79 bits per heavy atom. The van der Waals surface area contributed by atoms with Gasteiger partial charge < -0.3 is 38.7 Å². The second-order valence-electron chi connectivity index (χ2n) is 5.50. The van der Waals surface area contributed by atoms with E-state index in [4.69, 9.17) is 22.9 Å². The van der Waals surface area contributed by atoms with Crippen LogP contribution in [0.3, 0.4) is 0 Å². The van der Waals surface area contributed by atoms with Gasteiger partial charge in [-0.2, -0.15) is 0 Å². The summed E-state index contributed by atoms with van der Waals surface area (Å²) in [6.07, 6.45) is 2.12. The zero-order valence-corrected chi connectivity index (χ0v) is 14.0. The lowest BCUT2D eigenvalue weighted by Gasteiger charge is -2.14. The van der Waals surface area contributed by atoms with Crippen LogP contribution in [0.5, 0.6) is 0 Å². The van der Waals surface area contributed by atoms with Gasteiger partial charge in [-0.1, -0.05) is 0 Å². The van der Waals surface area contributed by atoms with Gasteiger partial charge in [-0.3, -0.25) is 14.6 Å².